The summed E-state index contributed by atoms with van der Waals surface area (Å²) in [6.07, 6.45) is 10.2. The molecule has 2 aliphatic carbocycles. The number of esters is 1. The van der Waals surface area contributed by atoms with Gasteiger partial charge in [-0.3, -0.25) is 9.78 Å². The molecule has 6 nitrogen and oxygen atoms in total. The third-order valence-electron chi connectivity index (χ3n) is 9.88. The van der Waals surface area contributed by atoms with E-state index in [4.69, 9.17) is 13.9 Å². The van der Waals surface area contributed by atoms with Crippen molar-refractivity contribution in [3.63, 3.8) is 0 Å². The largest absolute Gasteiger partial charge is 0.481 e. The number of fused-ring (bicyclic) bond motifs is 4. The first-order chi connectivity index (χ1) is 17.2. The van der Waals surface area contributed by atoms with Crippen molar-refractivity contribution in [2.75, 3.05) is 6.61 Å². The van der Waals surface area contributed by atoms with Crippen molar-refractivity contribution in [2.24, 2.45) is 22.7 Å². The maximum Gasteiger partial charge on any atom is 0.343 e. The number of allylic oxidation sites excluding steroid dienone is 2. The minimum absolute atomic E-state index is 0.115. The Bertz CT molecular complexity index is 1330. The second kappa shape index (κ2) is 7.92. The number of carbonyl (C=O) groups excluding carboxylic acids is 1. The van der Waals surface area contributed by atoms with Crippen molar-refractivity contribution in [1.29, 1.82) is 0 Å². The van der Waals surface area contributed by atoms with Crippen LogP contribution in [0, 0.1) is 22.7 Å². The summed E-state index contributed by atoms with van der Waals surface area (Å²) in [6, 6.07) is 5.54. The Morgan fingerprint density at radius 2 is 2.08 bits per heavy atom. The van der Waals surface area contributed by atoms with Crippen LogP contribution in [0.25, 0.3) is 11.3 Å². The Morgan fingerprint density at radius 3 is 2.78 bits per heavy atom. The average Bonchev–Trinajstić information content (AvgIpc) is 3.27. The molecule has 36 heavy (non-hydrogen) atoms. The average molecular weight is 488 g/mol. The molecule has 1 saturated carbocycles. The van der Waals surface area contributed by atoms with Gasteiger partial charge in [0.05, 0.1) is 12.2 Å². The van der Waals surface area contributed by atoms with Crippen molar-refractivity contribution < 1.29 is 18.7 Å². The number of nitrogens with zero attached hydrogens (tertiary/aromatic N) is 1. The summed E-state index contributed by atoms with van der Waals surface area (Å²) in [7, 11) is 0. The van der Waals surface area contributed by atoms with Crippen molar-refractivity contribution in [3.05, 3.63) is 70.4 Å². The molecule has 2 spiro atoms. The fourth-order valence-electron chi connectivity index (χ4n) is 8.06. The third kappa shape index (κ3) is 3.06. The molecule has 0 amide bonds. The monoisotopic (exact) mass is 487 g/mol. The highest BCUT2D eigenvalue weighted by Crippen LogP contribution is 2.68. The molecular formula is C30H33NO5. The molecule has 5 atom stereocenters. The van der Waals surface area contributed by atoms with Gasteiger partial charge in [-0.05, 0) is 69.1 Å². The van der Waals surface area contributed by atoms with Crippen molar-refractivity contribution in [1.82, 2.24) is 4.98 Å². The number of carbonyl (C=O) groups is 1. The zero-order valence-corrected chi connectivity index (χ0v) is 21.3. The Hall–Kier alpha value is -3.15. The van der Waals surface area contributed by atoms with Gasteiger partial charge in [0.15, 0.2) is 0 Å². The minimum atomic E-state index is -0.644. The fraction of sp³-hybridized carbons (Fsp3) is 0.500. The quantitative estimate of drug-likeness (QED) is 0.402. The highest BCUT2D eigenvalue weighted by molar-refractivity contribution is 5.70. The fourth-order valence-corrected chi connectivity index (χ4v) is 8.06. The highest BCUT2D eigenvalue weighted by Gasteiger charge is 2.68. The molecule has 4 heterocycles. The van der Waals surface area contributed by atoms with Crippen molar-refractivity contribution >= 4 is 5.97 Å². The van der Waals surface area contributed by atoms with Crippen molar-refractivity contribution in [3.8, 4) is 17.1 Å². The van der Waals surface area contributed by atoms with Crippen LogP contribution in [-0.2, 0) is 16.0 Å². The normalized spacial score (nSPS) is 35.0. The van der Waals surface area contributed by atoms with Gasteiger partial charge in [0.2, 0.25) is 0 Å². The lowest BCUT2D eigenvalue weighted by molar-refractivity contribution is -0.192. The van der Waals surface area contributed by atoms with Gasteiger partial charge < -0.3 is 13.9 Å². The summed E-state index contributed by atoms with van der Waals surface area (Å²) in [5, 5.41) is 0. The number of ether oxygens (including phenoxy) is 2. The van der Waals surface area contributed by atoms with E-state index in [1.54, 1.807) is 12.4 Å². The molecule has 188 valence electrons. The van der Waals surface area contributed by atoms with E-state index >= 15 is 0 Å². The van der Waals surface area contributed by atoms with Crippen LogP contribution in [0.15, 0.2) is 63.6 Å². The first kappa shape index (κ1) is 23.3. The molecule has 0 unspecified atom stereocenters. The Morgan fingerprint density at radius 1 is 1.25 bits per heavy atom. The SMILES string of the molecule is C=C(C)[C@@H]1CC[C@]2(C)[C@H](CC=C(C)[C@@]23Cc2c(cc(-c4cccnc4)oc2=O)O3)[C@@]12CCC(=O)OC2. The van der Waals surface area contributed by atoms with Crippen LogP contribution in [0.1, 0.15) is 58.4 Å². The van der Waals surface area contributed by atoms with Gasteiger partial charge in [-0.2, -0.15) is 0 Å². The molecule has 4 aliphatic rings. The maximum atomic E-state index is 13.2. The smallest absolute Gasteiger partial charge is 0.343 e. The van der Waals surface area contributed by atoms with Gasteiger partial charge in [-0.15, -0.1) is 0 Å². The number of hydrogen-bond acceptors (Lipinski definition) is 6. The number of aromatic nitrogens is 1. The van der Waals surface area contributed by atoms with E-state index < -0.39 is 5.60 Å². The molecule has 6 rings (SSSR count). The predicted octanol–water partition coefficient (Wildman–Crippen LogP) is 5.66. The van der Waals surface area contributed by atoms with Crippen LogP contribution >= 0.6 is 0 Å². The van der Waals surface area contributed by atoms with Gasteiger partial charge in [0.25, 0.3) is 0 Å². The number of pyridine rings is 1. The van der Waals surface area contributed by atoms with E-state index in [9.17, 15) is 9.59 Å². The molecule has 2 aromatic heterocycles. The first-order valence-electron chi connectivity index (χ1n) is 12.9. The Labute approximate surface area is 211 Å². The van der Waals surface area contributed by atoms with E-state index in [1.165, 1.54) is 0 Å². The van der Waals surface area contributed by atoms with Gasteiger partial charge in [0, 0.05) is 47.7 Å². The van der Waals surface area contributed by atoms with Gasteiger partial charge in [-0.1, -0.05) is 25.2 Å². The zero-order valence-electron chi connectivity index (χ0n) is 21.3. The molecule has 2 fully saturated rings. The van der Waals surface area contributed by atoms with Gasteiger partial charge in [0.1, 0.15) is 17.1 Å². The summed E-state index contributed by atoms with van der Waals surface area (Å²) in [5.41, 5.74) is 2.25. The van der Waals surface area contributed by atoms with E-state index in [0.717, 1.165) is 42.4 Å². The lowest BCUT2D eigenvalue weighted by Crippen LogP contribution is -2.65. The van der Waals surface area contributed by atoms with Crippen LogP contribution < -0.4 is 10.4 Å². The number of rotatable bonds is 2. The maximum absolute atomic E-state index is 13.2. The molecule has 0 N–H and O–H groups in total. The Balaban J connectivity index is 1.45. The molecule has 2 aliphatic heterocycles. The molecule has 0 bridgehead atoms. The topological polar surface area (TPSA) is 78.6 Å². The summed E-state index contributed by atoms with van der Waals surface area (Å²) in [4.78, 5) is 29.5. The molecule has 6 heteroatoms. The second-order valence-corrected chi connectivity index (χ2v) is 11.5. The summed E-state index contributed by atoms with van der Waals surface area (Å²) >= 11 is 0. The molecule has 1 saturated heterocycles. The van der Waals surface area contributed by atoms with E-state index in [0.29, 0.717) is 42.4 Å². The molecule has 0 aromatic carbocycles. The highest BCUT2D eigenvalue weighted by atomic mass is 16.5. The van der Waals surface area contributed by atoms with Crippen LogP contribution in [0.2, 0.25) is 0 Å². The predicted molar refractivity (Wildman–Crippen MR) is 135 cm³/mol. The van der Waals surface area contributed by atoms with Crippen LogP contribution in [-0.4, -0.2) is 23.2 Å². The first-order valence-corrected chi connectivity index (χ1v) is 12.9. The number of cyclic esters (lactones) is 1. The van der Waals surface area contributed by atoms with Gasteiger partial charge >= 0.3 is 11.6 Å². The van der Waals surface area contributed by atoms with Crippen LogP contribution in [0.3, 0.4) is 0 Å². The Kier molecular flexibility index (Phi) is 5.12. The lowest BCUT2D eigenvalue weighted by Gasteiger charge is -2.64. The van der Waals surface area contributed by atoms with Crippen LogP contribution in [0.4, 0.5) is 0 Å². The van der Waals surface area contributed by atoms with E-state index in [1.807, 2.05) is 18.2 Å². The zero-order chi connectivity index (χ0) is 25.3. The lowest BCUT2D eigenvalue weighted by atomic mass is 9.42. The third-order valence-corrected chi connectivity index (χ3v) is 9.88. The summed E-state index contributed by atoms with van der Waals surface area (Å²) in [6.45, 7) is 11.3. The van der Waals surface area contributed by atoms with E-state index in [-0.39, 0.29) is 28.3 Å². The van der Waals surface area contributed by atoms with E-state index in [2.05, 4.69) is 38.4 Å². The summed E-state index contributed by atoms with van der Waals surface area (Å²) in [5.74, 6) is 1.47. The summed E-state index contributed by atoms with van der Waals surface area (Å²) < 4.78 is 18.4. The van der Waals surface area contributed by atoms with Gasteiger partial charge in [-0.25, -0.2) is 4.79 Å². The van der Waals surface area contributed by atoms with Crippen LogP contribution in [0.5, 0.6) is 5.75 Å². The molecular weight excluding hydrogens is 454 g/mol. The number of hydrogen-bond donors (Lipinski definition) is 0. The molecule has 2 aromatic rings. The molecule has 0 radical (unpaired) electrons. The van der Waals surface area contributed by atoms with Crippen molar-refractivity contribution in [2.45, 2.75) is 64.9 Å². The minimum Gasteiger partial charge on any atom is -0.481 e. The second-order valence-electron chi connectivity index (χ2n) is 11.5. The standard InChI is InChI=1S/C30H33NO5/c1-18(2)22-9-11-28(4)25(29(22)12-10-26(32)34-17-29)8-7-19(3)30(28)15-21-24(36-30)14-23(35-27(21)33)20-6-5-13-31-16-20/h5-7,13-14,16,22,25H,1,8-12,15,17H2,2-4H3/t22-,25-,28+,29+,30-/m0/s1.